The SMILES string of the molecule is CCC(CCc1cc(OC)ccc1OC)C(=O)O. The van der Waals surface area contributed by atoms with Gasteiger partial charge in [0.05, 0.1) is 20.1 Å². The van der Waals surface area contributed by atoms with Crippen molar-refractivity contribution in [1.29, 1.82) is 0 Å². The average molecular weight is 252 g/mol. The van der Waals surface area contributed by atoms with Crippen molar-refractivity contribution < 1.29 is 19.4 Å². The molecule has 1 N–H and O–H groups in total. The Bertz CT molecular complexity index is 401. The van der Waals surface area contributed by atoms with Crippen LogP contribution >= 0.6 is 0 Å². The Balaban J connectivity index is 2.78. The van der Waals surface area contributed by atoms with Gasteiger partial charge < -0.3 is 14.6 Å². The highest BCUT2D eigenvalue weighted by molar-refractivity contribution is 5.69. The summed E-state index contributed by atoms with van der Waals surface area (Å²) in [4.78, 5) is 11.0. The maximum atomic E-state index is 11.0. The number of carboxylic acids is 1. The Hall–Kier alpha value is -1.71. The smallest absolute Gasteiger partial charge is 0.306 e. The van der Waals surface area contributed by atoms with Crippen molar-refractivity contribution in [3.8, 4) is 11.5 Å². The first-order chi connectivity index (χ1) is 8.62. The lowest BCUT2D eigenvalue weighted by molar-refractivity contribution is -0.142. The lowest BCUT2D eigenvalue weighted by atomic mass is 9.97. The molecule has 1 aromatic carbocycles. The molecule has 100 valence electrons. The molecule has 1 aromatic rings. The van der Waals surface area contributed by atoms with E-state index >= 15 is 0 Å². The molecule has 4 nitrogen and oxygen atoms in total. The zero-order valence-electron chi connectivity index (χ0n) is 11.1. The Morgan fingerprint density at radius 1 is 1.33 bits per heavy atom. The van der Waals surface area contributed by atoms with E-state index in [0.717, 1.165) is 17.1 Å². The number of aliphatic carboxylic acids is 1. The normalized spacial score (nSPS) is 11.9. The van der Waals surface area contributed by atoms with Crippen LogP contribution in [-0.2, 0) is 11.2 Å². The van der Waals surface area contributed by atoms with Crippen molar-refractivity contribution in [2.75, 3.05) is 14.2 Å². The van der Waals surface area contributed by atoms with Crippen molar-refractivity contribution in [3.05, 3.63) is 23.8 Å². The molecule has 0 fully saturated rings. The minimum Gasteiger partial charge on any atom is -0.497 e. The monoisotopic (exact) mass is 252 g/mol. The first-order valence-corrected chi connectivity index (χ1v) is 6.06. The molecule has 0 amide bonds. The van der Waals surface area contributed by atoms with E-state index in [-0.39, 0.29) is 5.92 Å². The van der Waals surface area contributed by atoms with Gasteiger partial charge in [-0.25, -0.2) is 0 Å². The molecule has 0 heterocycles. The van der Waals surface area contributed by atoms with Crippen LogP contribution < -0.4 is 9.47 Å². The second kappa shape index (κ2) is 6.89. The first-order valence-electron chi connectivity index (χ1n) is 6.06. The number of carboxylic acid groups (broad SMARTS) is 1. The van der Waals surface area contributed by atoms with E-state index in [9.17, 15) is 4.79 Å². The summed E-state index contributed by atoms with van der Waals surface area (Å²) in [6.07, 6.45) is 1.92. The second-order valence-electron chi connectivity index (χ2n) is 4.16. The fourth-order valence-corrected chi connectivity index (χ4v) is 1.91. The topological polar surface area (TPSA) is 55.8 Å². The van der Waals surface area contributed by atoms with E-state index in [0.29, 0.717) is 19.3 Å². The molecular weight excluding hydrogens is 232 g/mol. The number of carbonyl (C=O) groups is 1. The van der Waals surface area contributed by atoms with Crippen LogP contribution in [0.5, 0.6) is 11.5 Å². The van der Waals surface area contributed by atoms with E-state index in [2.05, 4.69) is 0 Å². The Morgan fingerprint density at radius 3 is 2.56 bits per heavy atom. The highest BCUT2D eigenvalue weighted by Crippen LogP contribution is 2.26. The summed E-state index contributed by atoms with van der Waals surface area (Å²) in [5.41, 5.74) is 0.983. The fourth-order valence-electron chi connectivity index (χ4n) is 1.91. The van der Waals surface area contributed by atoms with Crippen LogP contribution in [-0.4, -0.2) is 25.3 Å². The maximum Gasteiger partial charge on any atom is 0.306 e. The van der Waals surface area contributed by atoms with Crippen molar-refractivity contribution in [2.24, 2.45) is 5.92 Å². The van der Waals surface area contributed by atoms with E-state index in [1.165, 1.54) is 0 Å². The number of hydrogen-bond acceptors (Lipinski definition) is 3. The summed E-state index contributed by atoms with van der Waals surface area (Å²) in [5, 5.41) is 9.02. The Morgan fingerprint density at radius 2 is 2.06 bits per heavy atom. The molecule has 0 spiro atoms. The van der Waals surface area contributed by atoms with Crippen molar-refractivity contribution >= 4 is 5.97 Å². The molecule has 1 atom stereocenters. The van der Waals surface area contributed by atoms with Crippen LogP contribution in [0.1, 0.15) is 25.3 Å². The number of rotatable bonds is 7. The van der Waals surface area contributed by atoms with Gasteiger partial charge in [-0.1, -0.05) is 6.92 Å². The van der Waals surface area contributed by atoms with E-state index in [1.54, 1.807) is 14.2 Å². The van der Waals surface area contributed by atoms with Crippen molar-refractivity contribution in [1.82, 2.24) is 0 Å². The molecule has 4 heteroatoms. The van der Waals surface area contributed by atoms with Gasteiger partial charge >= 0.3 is 5.97 Å². The molecule has 0 saturated carbocycles. The van der Waals surface area contributed by atoms with Gasteiger partial charge in [-0.2, -0.15) is 0 Å². The molecule has 0 aliphatic rings. The summed E-state index contributed by atoms with van der Waals surface area (Å²) >= 11 is 0. The number of aryl methyl sites for hydroxylation is 1. The third-order valence-corrected chi connectivity index (χ3v) is 3.09. The van der Waals surface area contributed by atoms with Gasteiger partial charge in [0.25, 0.3) is 0 Å². The highest BCUT2D eigenvalue weighted by Gasteiger charge is 2.16. The predicted octanol–water partition coefficient (Wildman–Crippen LogP) is 2.75. The molecule has 1 rings (SSSR count). The molecule has 0 aromatic heterocycles. The summed E-state index contributed by atoms with van der Waals surface area (Å²) in [7, 11) is 3.22. The van der Waals surface area contributed by atoms with Crippen molar-refractivity contribution in [2.45, 2.75) is 26.2 Å². The van der Waals surface area contributed by atoms with Gasteiger partial charge in [-0.3, -0.25) is 4.79 Å². The standard InChI is InChI=1S/C14H20O4/c1-4-10(14(15)16)5-6-11-9-12(17-2)7-8-13(11)18-3/h7-10H,4-6H2,1-3H3,(H,15,16). The Labute approximate surface area is 108 Å². The van der Waals surface area contributed by atoms with Gasteiger partial charge in [-0.05, 0) is 43.0 Å². The van der Waals surface area contributed by atoms with Crippen LogP contribution in [0.2, 0.25) is 0 Å². The van der Waals surface area contributed by atoms with Gasteiger partial charge in [0.15, 0.2) is 0 Å². The molecular formula is C14H20O4. The second-order valence-corrected chi connectivity index (χ2v) is 4.16. The van der Waals surface area contributed by atoms with Gasteiger partial charge in [0.2, 0.25) is 0 Å². The van der Waals surface area contributed by atoms with Gasteiger partial charge in [0.1, 0.15) is 11.5 Å². The zero-order valence-corrected chi connectivity index (χ0v) is 11.1. The van der Waals surface area contributed by atoms with Crippen LogP contribution in [0, 0.1) is 5.92 Å². The average Bonchev–Trinajstić information content (AvgIpc) is 2.38. The highest BCUT2D eigenvalue weighted by atomic mass is 16.5. The molecule has 0 radical (unpaired) electrons. The molecule has 1 unspecified atom stereocenters. The third kappa shape index (κ3) is 3.65. The molecule has 0 aliphatic carbocycles. The minimum absolute atomic E-state index is 0.305. The largest absolute Gasteiger partial charge is 0.497 e. The lowest BCUT2D eigenvalue weighted by Crippen LogP contribution is -2.13. The first kappa shape index (κ1) is 14.4. The molecule has 18 heavy (non-hydrogen) atoms. The van der Waals surface area contributed by atoms with E-state index in [1.807, 2.05) is 25.1 Å². The lowest BCUT2D eigenvalue weighted by Gasteiger charge is -2.13. The van der Waals surface area contributed by atoms with Gasteiger partial charge in [0, 0.05) is 0 Å². The summed E-state index contributed by atoms with van der Waals surface area (Å²) < 4.78 is 10.4. The van der Waals surface area contributed by atoms with E-state index in [4.69, 9.17) is 14.6 Å². The fraction of sp³-hybridized carbons (Fsp3) is 0.500. The van der Waals surface area contributed by atoms with Gasteiger partial charge in [-0.15, -0.1) is 0 Å². The molecule has 0 aliphatic heterocycles. The number of benzene rings is 1. The predicted molar refractivity (Wildman–Crippen MR) is 69.3 cm³/mol. The van der Waals surface area contributed by atoms with Crippen LogP contribution in [0.15, 0.2) is 18.2 Å². The third-order valence-electron chi connectivity index (χ3n) is 3.09. The molecule has 0 bridgehead atoms. The number of hydrogen-bond donors (Lipinski definition) is 1. The maximum absolute atomic E-state index is 11.0. The Kier molecular flexibility index (Phi) is 5.49. The molecule has 0 saturated heterocycles. The van der Waals surface area contributed by atoms with Crippen LogP contribution in [0.25, 0.3) is 0 Å². The van der Waals surface area contributed by atoms with E-state index < -0.39 is 5.97 Å². The summed E-state index contributed by atoms with van der Waals surface area (Å²) in [5.74, 6) is 0.491. The number of ether oxygens (including phenoxy) is 2. The van der Waals surface area contributed by atoms with Crippen molar-refractivity contribution in [3.63, 3.8) is 0 Å². The summed E-state index contributed by atoms with van der Waals surface area (Å²) in [6, 6.07) is 5.57. The summed E-state index contributed by atoms with van der Waals surface area (Å²) in [6.45, 7) is 1.89. The number of methoxy groups -OCH3 is 2. The quantitative estimate of drug-likeness (QED) is 0.810. The van der Waals surface area contributed by atoms with Crippen LogP contribution in [0.4, 0.5) is 0 Å². The zero-order chi connectivity index (χ0) is 13.5. The minimum atomic E-state index is -0.737. The van der Waals surface area contributed by atoms with Crippen LogP contribution in [0.3, 0.4) is 0 Å².